The van der Waals surface area contributed by atoms with Crippen molar-refractivity contribution >= 4 is 28.7 Å². The summed E-state index contributed by atoms with van der Waals surface area (Å²) < 4.78 is 0. The number of fused-ring (bicyclic) bond motifs is 1. The van der Waals surface area contributed by atoms with E-state index >= 15 is 0 Å². The molecule has 0 spiro atoms. The molecule has 0 aliphatic carbocycles. The predicted octanol–water partition coefficient (Wildman–Crippen LogP) is -0.155. The summed E-state index contributed by atoms with van der Waals surface area (Å²) in [5.41, 5.74) is 1.13. The first-order valence-corrected chi connectivity index (χ1v) is 6.45. The van der Waals surface area contributed by atoms with E-state index in [0.29, 0.717) is 11.1 Å². The number of hydrogen-bond acceptors (Lipinski definition) is 4. The Kier molecular flexibility index (Phi) is 3.27. The van der Waals surface area contributed by atoms with Crippen molar-refractivity contribution < 1.29 is 14.4 Å². The van der Waals surface area contributed by atoms with E-state index in [1.165, 1.54) is 0 Å². The van der Waals surface area contributed by atoms with Gasteiger partial charge in [0, 0.05) is 18.5 Å². The molecule has 1 aliphatic heterocycles. The van der Waals surface area contributed by atoms with Gasteiger partial charge in [0.25, 0.3) is 5.91 Å². The van der Waals surface area contributed by atoms with E-state index in [9.17, 15) is 14.4 Å². The van der Waals surface area contributed by atoms with Crippen LogP contribution in [0.15, 0.2) is 24.4 Å². The molecular formula is C13H13N5O3. The molecule has 2 heterocycles. The number of urea groups is 1. The Bertz CT molecular complexity index is 707. The lowest BCUT2D eigenvalue weighted by molar-refractivity contribution is -0.124. The molecule has 21 heavy (non-hydrogen) atoms. The number of nitrogens with one attached hydrogen (secondary N) is 3. The van der Waals surface area contributed by atoms with E-state index < -0.39 is 6.03 Å². The Hall–Kier alpha value is -2.90. The van der Waals surface area contributed by atoms with Gasteiger partial charge in [0.1, 0.15) is 0 Å². The molecule has 4 amide bonds. The summed E-state index contributed by atoms with van der Waals surface area (Å²) in [6.45, 7) is 0.359. The minimum atomic E-state index is -0.426. The Morgan fingerprint density at radius 3 is 3.00 bits per heavy atom. The van der Waals surface area contributed by atoms with Crippen molar-refractivity contribution in [2.24, 2.45) is 0 Å². The van der Waals surface area contributed by atoms with Crippen molar-refractivity contribution in [3.05, 3.63) is 30.0 Å². The van der Waals surface area contributed by atoms with Gasteiger partial charge in [-0.3, -0.25) is 19.6 Å². The highest BCUT2D eigenvalue weighted by molar-refractivity contribution is 6.05. The smallest absolute Gasteiger partial charge is 0.324 e. The summed E-state index contributed by atoms with van der Waals surface area (Å²) in [6, 6.07) is 4.88. The second kappa shape index (κ2) is 5.23. The summed E-state index contributed by atoms with van der Waals surface area (Å²) >= 11 is 0. The summed E-state index contributed by atoms with van der Waals surface area (Å²) in [5.74, 6) is -0.568. The topological polar surface area (TPSA) is 107 Å². The van der Waals surface area contributed by atoms with Gasteiger partial charge in [-0.25, -0.2) is 4.79 Å². The van der Waals surface area contributed by atoms with Gasteiger partial charge in [-0.1, -0.05) is 12.1 Å². The Balaban J connectivity index is 1.63. The fourth-order valence-electron chi connectivity index (χ4n) is 2.22. The molecule has 3 rings (SSSR count). The summed E-state index contributed by atoms with van der Waals surface area (Å²) in [7, 11) is 0. The van der Waals surface area contributed by atoms with Crippen LogP contribution in [0.4, 0.5) is 4.79 Å². The Labute approximate surface area is 119 Å². The molecule has 1 aliphatic rings. The molecule has 1 fully saturated rings. The van der Waals surface area contributed by atoms with Gasteiger partial charge in [-0.15, -0.1) is 0 Å². The number of aromatic amines is 1. The van der Waals surface area contributed by atoms with Crippen molar-refractivity contribution in [2.45, 2.75) is 0 Å². The molecule has 0 atom stereocenters. The van der Waals surface area contributed by atoms with Crippen LogP contribution in [0.2, 0.25) is 0 Å². The number of benzene rings is 1. The van der Waals surface area contributed by atoms with Gasteiger partial charge in [0.15, 0.2) is 0 Å². The molecule has 0 saturated carbocycles. The standard InChI is InChI=1S/C13H13N5O3/c19-10-7-15-13(21)18(10)5-4-14-12(20)9-3-1-2-8-6-16-17-11(8)9/h1-3,6H,4-5,7H2,(H,14,20)(H,15,21)(H,16,17). The van der Waals surface area contributed by atoms with Crippen LogP contribution in [0.3, 0.4) is 0 Å². The number of hydrogen-bond donors (Lipinski definition) is 3. The van der Waals surface area contributed by atoms with Gasteiger partial charge >= 0.3 is 6.03 Å². The molecule has 1 aromatic heterocycles. The van der Waals surface area contributed by atoms with E-state index in [1.54, 1.807) is 18.3 Å². The van der Waals surface area contributed by atoms with Gasteiger partial charge in [0.2, 0.25) is 5.91 Å². The highest BCUT2D eigenvalue weighted by atomic mass is 16.2. The Morgan fingerprint density at radius 2 is 2.24 bits per heavy atom. The maximum absolute atomic E-state index is 12.1. The van der Waals surface area contributed by atoms with Crippen molar-refractivity contribution in [1.82, 2.24) is 25.7 Å². The van der Waals surface area contributed by atoms with E-state index in [-0.39, 0.29) is 31.4 Å². The van der Waals surface area contributed by atoms with E-state index in [0.717, 1.165) is 10.3 Å². The fourth-order valence-corrected chi connectivity index (χ4v) is 2.22. The normalized spacial score (nSPS) is 14.6. The minimum absolute atomic E-state index is 0.0141. The number of amides is 4. The molecule has 0 radical (unpaired) electrons. The van der Waals surface area contributed by atoms with Crippen LogP contribution >= 0.6 is 0 Å². The number of carbonyl (C=O) groups is 3. The van der Waals surface area contributed by atoms with Gasteiger partial charge < -0.3 is 10.6 Å². The minimum Gasteiger partial charge on any atom is -0.350 e. The molecule has 0 unspecified atom stereocenters. The fraction of sp³-hybridized carbons (Fsp3) is 0.231. The largest absolute Gasteiger partial charge is 0.350 e. The quantitative estimate of drug-likeness (QED) is 0.679. The van der Waals surface area contributed by atoms with Crippen molar-refractivity contribution in [3.8, 4) is 0 Å². The molecule has 1 saturated heterocycles. The lowest BCUT2D eigenvalue weighted by Gasteiger charge is -2.12. The third kappa shape index (κ3) is 2.42. The van der Waals surface area contributed by atoms with Crippen LogP contribution < -0.4 is 10.6 Å². The molecule has 3 N–H and O–H groups in total. The summed E-state index contributed by atoms with van der Waals surface area (Å²) in [6.07, 6.45) is 1.64. The first-order chi connectivity index (χ1) is 10.2. The lowest BCUT2D eigenvalue weighted by atomic mass is 10.1. The van der Waals surface area contributed by atoms with E-state index in [1.807, 2.05) is 6.07 Å². The lowest BCUT2D eigenvalue weighted by Crippen LogP contribution is -2.38. The number of para-hydroxylation sites is 1. The SMILES string of the molecule is O=C(NCCN1C(=O)CNC1=O)c1cccc2cn[nH]c12. The second-order valence-corrected chi connectivity index (χ2v) is 4.60. The van der Waals surface area contributed by atoms with Gasteiger partial charge in [-0.2, -0.15) is 5.10 Å². The Morgan fingerprint density at radius 1 is 1.38 bits per heavy atom. The number of carbonyl (C=O) groups excluding carboxylic acids is 3. The molecule has 0 bridgehead atoms. The third-order valence-electron chi connectivity index (χ3n) is 3.28. The highest BCUT2D eigenvalue weighted by Crippen LogP contribution is 2.15. The maximum Gasteiger partial charge on any atom is 0.324 e. The first-order valence-electron chi connectivity index (χ1n) is 6.45. The van der Waals surface area contributed by atoms with Crippen LogP contribution in [0.5, 0.6) is 0 Å². The van der Waals surface area contributed by atoms with Crippen LogP contribution in [0.25, 0.3) is 10.9 Å². The zero-order valence-corrected chi connectivity index (χ0v) is 11.0. The van der Waals surface area contributed by atoms with Crippen molar-refractivity contribution in [1.29, 1.82) is 0 Å². The van der Waals surface area contributed by atoms with Crippen molar-refractivity contribution in [2.75, 3.05) is 19.6 Å². The number of imide groups is 1. The zero-order valence-electron chi connectivity index (χ0n) is 11.0. The zero-order chi connectivity index (χ0) is 14.8. The molecule has 8 heteroatoms. The average molecular weight is 287 g/mol. The molecule has 108 valence electrons. The van der Waals surface area contributed by atoms with Crippen LogP contribution in [0, 0.1) is 0 Å². The van der Waals surface area contributed by atoms with Gasteiger partial charge in [0.05, 0.1) is 23.8 Å². The number of H-pyrrole nitrogens is 1. The second-order valence-electron chi connectivity index (χ2n) is 4.60. The van der Waals surface area contributed by atoms with E-state index in [4.69, 9.17) is 0 Å². The molecule has 1 aromatic carbocycles. The monoisotopic (exact) mass is 287 g/mol. The predicted molar refractivity (Wildman–Crippen MR) is 73.5 cm³/mol. The summed E-state index contributed by atoms with van der Waals surface area (Å²) in [5, 5.41) is 12.6. The number of rotatable bonds is 4. The molecular weight excluding hydrogens is 274 g/mol. The average Bonchev–Trinajstić information content (AvgIpc) is 3.07. The molecule has 8 nitrogen and oxygen atoms in total. The van der Waals surface area contributed by atoms with E-state index in [2.05, 4.69) is 20.8 Å². The van der Waals surface area contributed by atoms with Crippen molar-refractivity contribution in [3.63, 3.8) is 0 Å². The van der Waals surface area contributed by atoms with Crippen LogP contribution in [-0.4, -0.2) is 52.6 Å². The number of nitrogens with zero attached hydrogens (tertiary/aromatic N) is 2. The third-order valence-corrected chi connectivity index (χ3v) is 3.28. The highest BCUT2D eigenvalue weighted by Gasteiger charge is 2.27. The molecule has 2 aromatic rings. The maximum atomic E-state index is 12.1. The summed E-state index contributed by atoms with van der Waals surface area (Å²) in [4.78, 5) is 35.9. The number of aromatic nitrogens is 2. The first kappa shape index (κ1) is 13.1. The van der Waals surface area contributed by atoms with Crippen LogP contribution in [-0.2, 0) is 4.79 Å². The van der Waals surface area contributed by atoms with Crippen LogP contribution in [0.1, 0.15) is 10.4 Å². The van der Waals surface area contributed by atoms with Gasteiger partial charge in [-0.05, 0) is 6.07 Å².